The van der Waals surface area contributed by atoms with Crippen LogP contribution in [0.5, 0.6) is 0 Å². The van der Waals surface area contributed by atoms with Crippen molar-refractivity contribution in [3.63, 3.8) is 0 Å². The molecule has 2 unspecified atom stereocenters. The quantitative estimate of drug-likeness (QED) is 0.888. The number of halogens is 1. The van der Waals surface area contributed by atoms with Gasteiger partial charge in [-0.2, -0.15) is 0 Å². The molecule has 0 saturated heterocycles. The summed E-state index contributed by atoms with van der Waals surface area (Å²) in [6.45, 7) is 4.73. The highest BCUT2D eigenvalue weighted by atomic mass is 19.1. The van der Waals surface area contributed by atoms with Crippen molar-refractivity contribution < 1.29 is 13.9 Å². The largest absolute Gasteiger partial charge is 0.463 e. The summed E-state index contributed by atoms with van der Waals surface area (Å²) in [5.41, 5.74) is 5.73. The van der Waals surface area contributed by atoms with Crippen LogP contribution in [0, 0.1) is 5.82 Å². The van der Waals surface area contributed by atoms with Gasteiger partial charge in [0.15, 0.2) is 0 Å². The van der Waals surface area contributed by atoms with Crippen LogP contribution >= 0.6 is 0 Å². The Hall–Kier alpha value is -1.62. The summed E-state index contributed by atoms with van der Waals surface area (Å²) in [5.74, 6) is -0.275. The lowest BCUT2D eigenvalue weighted by Crippen LogP contribution is -2.39. The van der Waals surface area contributed by atoms with Gasteiger partial charge in [0, 0.05) is 6.61 Å². The molecule has 0 spiro atoms. The van der Waals surface area contributed by atoms with Gasteiger partial charge < -0.3 is 15.2 Å². The van der Waals surface area contributed by atoms with Crippen molar-refractivity contribution in [2.24, 2.45) is 10.7 Å². The van der Waals surface area contributed by atoms with E-state index in [1.165, 1.54) is 12.1 Å². The van der Waals surface area contributed by atoms with Crippen LogP contribution in [0.4, 0.5) is 4.39 Å². The van der Waals surface area contributed by atoms with Crippen molar-refractivity contribution in [1.29, 1.82) is 0 Å². The van der Waals surface area contributed by atoms with E-state index < -0.39 is 5.60 Å². The first-order valence-corrected chi connectivity index (χ1v) is 5.92. The molecule has 2 atom stereocenters. The average Bonchev–Trinajstić information content (AvgIpc) is 2.77. The molecule has 2 N–H and O–H groups in total. The zero-order chi connectivity index (χ0) is 13.2. The topological polar surface area (TPSA) is 56.8 Å². The molecule has 0 saturated carbocycles. The summed E-state index contributed by atoms with van der Waals surface area (Å²) >= 11 is 0. The fourth-order valence-corrected chi connectivity index (χ4v) is 2.13. The molecule has 98 valence electrons. The number of aliphatic imine (C=N–C) groups is 1. The molecule has 0 amide bonds. The Kier molecular flexibility index (Phi) is 3.52. The first kappa shape index (κ1) is 12.8. The summed E-state index contributed by atoms with van der Waals surface area (Å²) in [5, 5.41) is 0. The Morgan fingerprint density at radius 3 is 2.67 bits per heavy atom. The summed E-state index contributed by atoms with van der Waals surface area (Å²) in [4.78, 5) is 4.23. The minimum atomic E-state index is -0.663. The second-order valence-electron chi connectivity index (χ2n) is 4.34. The molecule has 2 rings (SSSR count). The smallest absolute Gasteiger partial charge is 0.282 e. The van der Waals surface area contributed by atoms with Crippen molar-refractivity contribution >= 4 is 6.02 Å². The van der Waals surface area contributed by atoms with E-state index in [2.05, 4.69) is 4.99 Å². The molecule has 18 heavy (non-hydrogen) atoms. The van der Waals surface area contributed by atoms with Crippen molar-refractivity contribution in [2.75, 3.05) is 13.2 Å². The van der Waals surface area contributed by atoms with Gasteiger partial charge in [-0.15, -0.1) is 0 Å². The van der Waals surface area contributed by atoms with Gasteiger partial charge in [0.05, 0.1) is 0 Å². The maximum atomic E-state index is 13.0. The van der Waals surface area contributed by atoms with Crippen molar-refractivity contribution in [3.8, 4) is 0 Å². The van der Waals surface area contributed by atoms with E-state index in [1.54, 1.807) is 12.1 Å². The number of rotatable bonds is 4. The lowest BCUT2D eigenvalue weighted by atomic mass is 9.88. The molecule has 0 fully saturated rings. The molecule has 5 heteroatoms. The van der Waals surface area contributed by atoms with Gasteiger partial charge in [0.2, 0.25) is 0 Å². The van der Waals surface area contributed by atoms with Crippen LogP contribution in [-0.2, 0) is 15.1 Å². The molecular weight excluding hydrogens is 235 g/mol. The molecule has 0 radical (unpaired) electrons. The summed E-state index contributed by atoms with van der Waals surface area (Å²) in [6.07, 6.45) is 0. The number of hydrogen-bond acceptors (Lipinski definition) is 4. The monoisotopic (exact) mass is 252 g/mol. The Labute approximate surface area is 106 Å². The molecule has 1 aliphatic heterocycles. The predicted molar refractivity (Wildman–Crippen MR) is 66.7 cm³/mol. The van der Waals surface area contributed by atoms with Crippen LogP contribution in [0.15, 0.2) is 29.3 Å². The van der Waals surface area contributed by atoms with E-state index in [9.17, 15) is 4.39 Å². The fraction of sp³-hybridized carbons (Fsp3) is 0.462. The number of nitrogens with two attached hydrogens (primary N) is 1. The van der Waals surface area contributed by atoms with Gasteiger partial charge in [0.25, 0.3) is 6.02 Å². The second kappa shape index (κ2) is 4.94. The fourth-order valence-electron chi connectivity index (χ4n) is 2.13. The second-order valence-corrected chi connectivity index (χ2v) is 4.34. The number of amidine groups is 1. The third-order valence-electron chi connectivity index (χ3n) is 3.17. The Morgan fingerprint density at radius 2 is 2.17 bits per heavy atom. The van der Waals surface area contributed by atoms with E-state index in [1.807, 2.05) is 13.8 Å². The average molecular weight is 252 g/mol. The highest BCUT2D eigenvalue weighted by molar-refractivity contribution is 5.73. The molecular formula is C13H17FN2O2. The zero-order valence-corrected chi connectivity index (χ0v) is 10.5. The molecule has 4 nitrogen and oxygen atoms in total. The minimum Gasteiger partial charge on any atom is -0.463 e. The maximum Gasteiger partial charge on any atom is 0.282 e. The number of nitrogens with zero attached hydrogens (tertiary/aromatic N) is 1. The standard InChI is InChI=1S/C13H17FN2O2/c1-3-18-13(2,11-8-17-12(15)16-11)9-4-6-10(14)7-5-9/h4-7,11H,3,8H2,1-2H3,(H2,15,16). The van der Waals surface area contributed by atoms with Gasteiger partial charge in [-0.3, -0.25) is 0 Å². The molecule has 0 bridgehead atoms. The maximum absolute atomic E-state index is 13.0. The van der Waals surface area contributed by atoms with E-state index >= 15 is 0 Å². The zero-order valence-electron chi connectivity index (χ0n) is 10.5. The lowest BCUT2D eigenvalue weighted by Gasteiger charge is -2.33. The minimum absolute atomic E-state index is 0.174. The number of benzene rings is 1. The van der Waals surface area contributed by atoms with Gasteiger partial charge in [-0.1, -0.05) is 12.1 Å². The SMILES string of the molecule is CCOC(C)(c1ccc(F)cc1)C1COC(N)=N1. The van der Waals surface area contributed by atoms with Crippen molar-refractivity contribution in [2.45, 2.75) is 25.5 Å². The summed E-state index contributed by atoms with van der Waals surface area (Å²) < 4.78 is 24.0. The van der Waals surface area contributed by atoms with E-state index in [0.29, 0.717) is 13.2 Å². The Balaban J connectivity index is 2.34. The van der Waals surface area contributed by atoms with Gasteiger partial charge >= 0.3 is 0 Å². The molecule has 1 aromatic rings. The third-order valence-corrected chi connectivity index (χ3v) is 3.17. The molecule has 1 heterocycles. The summed E-state index contributed by atoms with van der Waals surface area (Å²) in [7, 11) is 0. The Bertz CT molecular complexity index is 447. The van der Waals surface area contributed by atoms with Gasteiger partial charge in [-0.25, -0.2) is 9.38 Å². The molecule has 0 aromatic heterocycles. The molecule has 0 aliphatic carbocycles. The van der Waals surface area contributed by atoms with Gasteiger partial charge in [-0.05, 0) is 31.5 Å². The normalized spacial score (nSPS) is 22.2. The molecule has 1 aliphatic rings. The van der Waals surface area contributed by atoms with E-state index in [-0.39, 0.29) is 17.9 Å². The van der Waals surface area contributed by atoms with Crippen LogP contribution < -0.4 is 5.73 Å². The summed E-state index contributed by atoms with van der Waals surface area (Å²) in [6, 6.07) is 6.19. The van der Waals surface area contributed by atoms with E-state index in [0.717, 1.165) is 5.56 Å². The van der Waals surface area contributed by atoms with Crippen LogP contribution in [0.1, 0.15) is 19.4 Å². The highest BCUT2D eigenvalue weighted by Gasteiger charge is 2.40. The van der Waals surface area contributed by atoms with Crippen LogP contribution in [0.2, 0.25) is 0 Å². The molecule has 1 aromatic carbocycles. The van der Waals surface area contributed by atoms with E-state index in [4.69, 9.17) is 15.2 Å². The predicted octanol–water partition coefficient (Wildman–Crippen LogP) is 1.79. The Morgan fingerprint density at radius 1 is 1.50 bits per heavy atom. The number of ether oxygens (including phenoxy) is 2. The lowest BCUT2D eigenvalue weighted by molar-refractivity contribution is -0.0523. The third kappa shape index (κ3) is 2.31. The van der Waals surface area contributed by atoms with Crippen molar-refractivity contribution in [3.05, 3.63) is 35.6 Å². The van der Waals surface area contributed by atoms with Crippen molar-refractivity contribution in [1.82, 2.24) is 0 Å². The first-order chi connectivity index (χ1) is 8.56. The first-order valence-electron chi connectivity index (χ1n) is 5.92. The number of hydrogen-bond donors (Lipinski definition) is 1. The van der Waals surface area contributed by atoms with Crippen LogP contribution in [0.25, 0.3) is 0 Å². The van der Waals surface area contributed by atoms with Crippen LogP contribution in [0.3, 0.4) is 0 Å². The van der Waals surface area contributed by atoms with Crippen LogP contribution in [-0.4, -0.2) is 25.3 Å². The van der Waals surface area contributed by atoms with Gasteiger partial charge in [0.1, 0.15) is 24.1 Å². The highest BCUT2D eigenvalue weighted by Crippen LogP contribution is 2.33.